The van der Waals surface area contributed by atoms with Gasteiger partial charge in [0.15, 0.2) is 57.9 Å². The van der Waals surface area contributed by atoms with Crippen LogP contribution in [-0.4, -0.2) is 153 Å². The Kier molecular flexibility index (Phi) is 26.1. The number of hydrogen-bond donors (Lipinski definition) is 16. The number of aliphatic hydroxyl groups excluding tert-OH is 1. The molecule has 0 saturated heterocycles. The van der Waals surface area contributed by atoms with Crippen molar-refractivity contribution in [2.75, 3.05) is 7.11 Å². The number of fused-ring (bicyclic) bond motifs is 5. The smallest absolute Gasteiger partial charge is 0.248 e. The van der Waals surface area contributed by atoms with Gasteiger partial charge >= 0.3 is 0 Å². The monoisotopic (exact) mass is 1950 g/mol. The second-order valence-corrected chi connectivity index (χ2v) is 34.0. The number of nitrogens with two attached hydrogens (primary N) is 5. The van der Waals surface area contributed by atoms with Gasteiger partial charge in [0.2, 0.25) is 17.7 Å². The molecule has 22 rings (SSSR count). The Morgan fingerprint density at radius 1 is 0.362 bits per heavy atom. The summed E-state index contributed by atoms with van der Waals surface area (Å²) in [5, 5.41) is 85.8. The summed E-state index contributed by atoms with van der Waals surface area (Å²) in [4.78, 5) is 65.8. The minimum absolute atomic E-state index is 0.0243. The molecule has 11 aromatic carbocycles. The van der Waals surface area contributed by atoms with Gasteiger partial charge in [-0.15, -0.1) is 0 Å². The Morgan fingerprint density at radius 2 is 0.674 bits per heavy atom. The number of rotatable bonds is 19. The minimum Gasteiger partial charge on any atom is -0.504 e. The summed E-state index contributed by atoms with van der Waals surface area (Å²) in [6.45, 7) is 3.38. The van der Waals surface area contributed by atoms with Crippen LogP contribution in [0.25, 0.3) is 191 Å². The van der Waals surface area contributed by atoms with Crippen molar-refractivity contribution in [3.8, 4) is 171 Å². The molecular formula is C104H92BrFN26O9. The quantitative estimate of drug-likeness (QED) is 0.0357. The average Bonchev–Trinajstić information content (AvgIpc) is 1.63. The summed E-state index contributed by atoms with van der Waals surface area (Å²) >= 11 is 3.42. The average molecular weight is 1950 g/mol. The number of methoxy groups -OCH3 is 1. The molecule has 0 atom stereocenters. The summed E-state index contributed by atoms with van der Waals surface area (Å²) in [6, 6.07) is 75.3. The fraction of sp³-hybridized carbons (Fsp3) is 0.106. The molecule has 0 unspecified atom stereocenters. The van der Waals surface area contributed by atoms with Crippen molar-refractivity contribution in [3.63, 3.8) is 0 Å². The number of nitrogens with zero attached hydrogens (tertiary/aromatic N) is 16. The van der Waals surface area contributed by atoms with Gasteiger partial charge in [-0.05, 0) is 161 Å². The number of pyridine rings is 1. The van der Waals surface area contributed by atoms with E-state index in [2.05, 4.69) is 96.2 Å². The van der Waals surface area contributed by atoms with Crippen LogP contribution in [0.3, 0.4) is 0 Å². The predicted molar refractivity (Wildman–Crippen MR) is 541 cm³/mol. The van der Waals surface area contributed by atoms with Crippen molar-refractivity contribution in [2.24, 2.45) is 63.9 Å². The first-order valence-corrected chi connectivity index (χ1v) is 44.9. The molecule has 0 spiro atoms. The van der Waals surface area contributed by atoms with E-state index in [1.807, 2.05) is 189 Å². The second kappa shape index (κ2) is 39.3. The molecule has 22 aromatic rings. The van der Waals surface area contributed by atoms with E-state index < -0.39 is 11.8 Å². The molecule has 37 heteroatoms. The van der Waals surface area contributed by atoms with Crippen LogP contribution >= 0.6 is 15.9 Å². The maximum Gasteiger partial charge on any atom is 0.248 e. The van der Waals surface area contributed by atoms with E-state index in [4.69, 9.17) is 38.5 Å². The molecule has 11 heterocycles. The molecule has 0 bridgehead atoms. The molecule has 21 N–H and O–H groups in total. The van der Waals surface area contributed by atoms with E-state index in [9.17, 15) is 39.5 Å². The summed E-state index contributed by atoms with van der Waals surface area (Å²) in [7, 11) is 10.4. The normalized spacial score (nSPS) is 11.2. The molecule has 706 valence electrons. The number of amides is 2. The highest BCUT2D eigenvalue weighted by Gasteiger charge is 2.29. The molecule has 0 aliphatic rings. The standard InChI is InChI=1S/C24H18FN5O2.C24H22N6O2.C19H19N5O2.C19H19N5O.C18H14BrN5O2/c1-30-21(24-27-18-9-8-16(23(26)32)12-19(18)28-24)22(31)20(29-30)15-6-2-4-13(10-15)14-5-3-7-17(25)11-14;1-30-21(23-27-18-10-5-14(13-25)12-19(18)28-23)22(31)20(29-30)16-8-6-15(7-9-16)17-4-3-11-26-24(17)32-2;1-24-17(19-21-14-7-4-12(9-20)8-15(14)22-19)18(26)16(23-24)13-5-2-11(10-25)3-6-13;1-11-3-6-13(7-4-11)16-18(25)17(24(2)23-16)19-21-14-8-5-12(10-20)9-15(14)22-19;1-24-15(16(25)14(23-24)9-3-2-4-11(19)7-9)18-21-12-6-5-10(17(20)26)8-13(12)22-18/h2-12,31H,1H3,(H2,26,32)(H,27,28);3-12,31H,13,25H2,1-2H3,(H,27,28);2-8,25-26H,9-10,20H2,1H3,(H,21,22);3-9,25H,10,20H2,1-2H3,(H,21,22);2-8,25H,1H3,(H2,20,26)(H,21,22). The lowest BCUT2D eigenvalue weighted by Crippen LogP contribution is -2.10. The van der Waals surface area contributed by atoms with Crippen molar-refractivity contribution in [3.05, 3.63) is 304 Å². The Balaban J connectivity index is 0.000000117. The Hall–Kier alpha value is -18.0. The number of nitrogens with one attached hydrogen (secondary N) is 5. The van der Waals surface area contributed by atoms with Crippen LogP contribution in [-0.2, 0) is 61.5 Å². The Morgan fingerprint density at radius 3 is 1.03 bits per heavy atom. The third kappa shape index (κ3) is 19.0. The maximum atomic E-state index is 13.6. The van der Waals surface area contributed by atoms with Gasteiger partial charge in [-0.1, -0.05) is 155 Å². The zero-order valence-electron chi connectivity index (χ0n) is 76.8. The highest BCUT2D eigenvalue weighted by Crippen LogP contribution is 2.45. The number of aryl methyl sites for hydroxylation is 6. The number of primary amides is 2. The summed E-state index contributed by atoms with van der Waals surface area (Å²) in [6.07, 6.45) is 1.69. The molecule has 0 fully saturated rings. The van der Waals surface area contributed by atoms with E-state index >= 15 is 0 Å². The van der Waals surface area contributed by atoms with E-state index in [-0.39, 0.29) is 41.2 Å². The number of H-pyrrole nitrogens is 5. The predicted octanol–water partition coefficient (Wildman–Crippen LogP) is 16.7. The highest BCUT2D eigenvalue weighted by molar-refractivity contribution is 9.10. The Labute approximate surface area is 810 Å². The van der Waals surface area contributed by atoms with Crippen molar-refractivity contribution in [1.82, 2.24) is 104 Å². The number of ether oxygens (including phenoxy) is 1. The summed E-state index contributed by atoms with van der Waals surface area (Å²) in [5.74, 6) is 1.94. The molecular weight excluding hydrogens is 1860 g/mol. The van der Waals surface area contributed by atoms with Crippen molar-refractivity contribution >= 4 is 82.9 Å². The first-order chi connectivity index (χ1) is 68.1. The van der Waals surface area contributed by atoms with Crippen LogP contribution in [0, 0.1) is 12.7 Å². The van der Waals surface area contributed by atoms with Crippen LogP contribution in [0.5, 0.6) is 34.6 Å². The molecule has 0 radical (unpaired) electrons. The van der Waals surface area contributed by atoms with Gasteiger partial charge in [-0.3, -0.25) is 33.0 Å². The fourth-order valence-electron chi connectivity index (χ4n) is 16.5. The Bertz CT molecular complexity index is 8490. The lowest BCUT2D eigenvalue weighted by Gasteiger charge is -2.07. The van der Waals surface area contributed by atoms with Gasteiger partial charge in [0.1, 0.15) is 62.8 Å². The number of halogens is 2. The molecule has 141 heavy (non-hydrogen) atoms. The van der Waals surface area contributed by atoms with Gasteiger partial charge in [-0.2, -0.15) is 25.5 Å². The number of aliphatic hydroxyl groups is 1. The number of aromatic amines is 5. The molecule has 35 nitrogen and oxygen atoms in total. The lowest BCUT2D eigenvalue weighted by atomic mass is 10.0. The third-order valence-electron chi connectivity index (χ3n) is 23.7. The number of benzene rings is 11. The second-order valence-electron chi connectivity index (χ2n) is 33.1. The SMILES string of the molecule is COc1ncccc1-c1ccc(-c2nn(C)c(-c3nc4ccc(CN)cc4[nH]3)c2O)cc1.Cc1ccc(-c2nn(C)c(-c3nc4ccc(CN)cc4[nH]3)c2O)cc1.Cn1nc(-c2ccc(CO)cc2)c(O)c1-c1nc2ccc(CN)cc2[nH]1.Cn1nc(-c2cccc(-c3cccc(F)c3)c2)c(O)c1-c1nc2ccc(C(N)=O)cc2[nH]1.Cn1nc(-c2cccc(Br)c2)c(O)c1-c1nc2ccc(C(N)=O)cc2[nH]1. The number of hydrogen-bond acceptors (Lipinski definition) is 23. The van der Waals surface area contributed by atoms with Crippen molar-refractivity contribution < 1.29 is 49.4 Å². The molecule has 11 aromatic heterocycles. The third-order valence-corrected chi connectivity index (χ3v) is 24.2. The summed E-state index contributed by atoms with van der Waals surface area (Å²) in [5.41, 5.74) is 53.2. The number of carbonyl (C=O) groups is 2. The topological polar surface area (TPSA) is 540 Å². The molecule has 2 amide bonds. The van der Waals surface area contributed by atoms with Gasteiger partial charge in [0.25, 0.3) is 0 Å². The first kappa shape index (κ1) is 93.4. The van der Waals surface area contributed by atoms with Gasteiger partial charge in [0, 0.05) is 110 Å². The zero-order chi connectivity index (χ0) is 98.9. The van der Waals surface area contributed by atoms with E-state index in [1.165, 1.54) is 16.8 Å². The van der Waals surface area contributed by atoms with Crippen molar-refractivity contribution in [1.29, 1.82) is 0 Å². The molecule has 0 saturated carbocycles. The van der Waals surface area contributed by atoms with Crippen LogP contribution in [0.4, 0.5) is 4.39 Å². The number of aromatic nitrogens is 21. The number of carbonyl (C=O) groups excluding carboxylic acids is 2. The van der Waals surface area contributed by atoms with E-state index in [1.54, 1.807) is 122 Å². The van der Waals surface area contributed by atoms with Crippen LogP contribution in [0.1, 0.15) is 48.5 Å². The van der Waals surface area contributed by atoms with E-state index in [0.717, 1.165) is 110 Å². The van der Waals surface area contributed by atoms with E-state index in [0.29, 0.717) is 150 Å². The molecule has 0 aliphatic carbocycles. The lowest BCUT2D eigenvalue weighted by molar-refractivity contribution is 0.0992. The minimum atomic E-state index is -0.535. The van der Waals surface area contributed by atoms with Crippen LogP contribution in [0.2, 0.25) is 0 Å². The van der Waals surface area contributed by atoms with Crippen LogP contribution < -0.4 is 33.4 Å². The van der Waals surface area contributed by atoms with Gasteiger partial charge in [-0.25, -0.2) is 34.3 Å². The first-order valence-electron chi connectivity index (χ1n) is 44.1. The van der Waals surface area contributed by atoms with Gasteiger partial charge < -0.3 is 89.0 Å². The number of imidazole rings is 5. The zero-order valence-corrected chi connectivity index (χ0v) is 78.4. The molecule has 0 aliphatic heterocycles. The van der Waals surface area contributed by atoms with Gasteiger partial charge in [0.05, 0.1) is 68.9 Å². The van der Waals surface area contributed by atoms with Crippen LogP contribution in [0.15, 0.2) is 259 Å². The maximum absolute atomic E-state index is 13.6. The fourth-order valence-corrected chi connectivity index (χ4v) is 16.9. The highest BCUT2D eigenvalue weighted by atomic mass is 79.9. The summed E-state index contributed by atoms with van der Waals surface area (Å²) < 4.78 is 27.9. The largest absolute Gasteiger partial charge is 0.504 e. The number of aromatic hydroxyl groups is 5. The van der Waals surface area contributed by atoms with Crippen molar-refractivity contribution in [2.45, 2.75) is 33.2 Å².